The normalized spacial score (nSPS) is 10.2. The van der Waals surface area contributed by atoms with Crippen LogP contribution < -0.4 is 5.73 Å². The first kappa shape index (κ1) is 16.6. The summed E-state index contributed by atoms with van der Waals surface area (Å²) in [5.41, 5.74) is 6.26. The van der Waals surface area contributed by atoms with Crippen molar-refractivity contribution in [2.45, 2.75) is 12.8 Å². The molecule has 0 aliphatic rings. The second-order valence-corrected chi connectivity index (χ2v) is 5.06. The van der Waals surface area contributed by atoms with Crippen LogP contribution in [0.25, 0.3) is 0 Å². The van der Waals surface area contributed by atoms with E-state index in [-0.39, 0.29) is 33.9 Å². The highest BCUT2D eigenvalue weighted by Gasteiger charge is 2.18. The first-order valence-electron chi connectivity index (χ1n) is 5.93. The molecule has 0 atom stereocenters. The summed E-state index contributed by atoms with van der Waals surface area (Å²) in [7, 11) is 2.94. The second kappa shape index (κ2) is 7.36. The Labute approximate surface area is 127 Å². The Hall–Kier alpha value is -1.46. The van der Waals surface area contributed by atoms with E-state index in [0.717, 1.165) is 0 Å². The van der Waals surface area contributed by atoms with Gasteiger partial charge < -0.3 is 15.4 Å². The maximum absolute atomic E-state index is 12.2. The van der Waals surface area contributed by atoms with Crippen molar-refractivity contribution in [1.82, 2.24) is 4.90 Å². The molecule has 0 radical (unpaired) electrons. The van der Waals surface area contributed by atoms with Crippen molar-refractivity contribution in [2.75, 3.05) is 26.4 Å². The number of benzene rings is 1. The summed E-state index contributed by atoms with van der Waals surface area (Å²) in [6.07, 6.45) is 0.752. The molecule has 0 fully saturated rings. The zero-order chi connectivity index (χ0) is 15.3. The van der Waals surface area contributed by atoms with Gasteiger partial charge in [0.15, 0.2) is 0 Å². The Morgan fingerprint density at radius 1 is 1.35 bits per heavy atom. The largest absolute Gasteiger partial charge is 0.469 e. The summed E-state index contributed by atoms with van der Waals surface area (Å²) in [6.45, 7) is 0.399. The van der Waals surface area contributed by atoms with Crippen LogP contribution in [0.2, 0.25) is 10.0 Å². The van der Waals surface area contributed by atoms with Crippen LogP contribution >= 0.6 is 23.2 Å². The van der Waals surface area contributed by atoms with Gasteiger partial charge in [-0.05, 0) is 18.6 Å². The number of rotatable bonds is 5. The number of hydrogen-bond donors (Lipinski definition) is 1. The predicted octanol–water partition coefficient (Wildman–Crippen LogP) is 2.60. The first-order chi connectivity index (χ1) is 9.36. The fourth-order valence-corrected chi connectivity index (χ4v) is 2.05. The van der Waals surface area contributed by atoms with Gasteiger partial charge in [0.25, 0.3) is 5.91 Å². The summed E-state index contributed by atoms with van der Waals surface area (Å²) < 4.78 is 4.53. The van der Waals surface area contributed by atoms with Crippen LogP contribution in [-0.2, 0) is 9.53 Å². The summed E-state index contributed by atoms with van der Waals surface area (Å²) in [6, 6.07) is 2.96. The Balaban J connectivity index is 2.72. The van der Waals surface area contributed by atoms with E-state index in [0.29, 0.717) is 18.7 Å². The molecule has 110 valence electrons. The van der Waals surface area contributed by atoms with Gasteiger partial charge >= 0.3 is 5.97 Å². The number of nitrogen functional groups attached to an aromatic ring is 1. The maximum Gasteiger partial charge on any atom is 0.305 e. The minimum Gasteiger partial charge on any atom is -0.469 e. The quantitative estimate of drug-likeness (QED) is 0.669. The van der Waals surface area contributed by atoms with Gasteiger partial charge in [-0.2, -0.15) is 0 Å². The van der Waals surface area contributed by atoms with Gasteiger partial charge in [0.2, 0.25) is 0 Å². The van der Waals surface area contributed by atoms with Crippen LogP contribution in [0.15, 0.2) is 12.1 Å². The van der Waals surface area contributed by atoms with E-state index in [2.05, 4.69) is 4.74 Å². The third kappa shape index (κ3) is 4.28. The molecule has 1 rings (SSSR count). The van der Waals surface area contributed by atoms with Crippen molar-refractivity contribution in [3.05, 3.63) is 27.7 Å². The van der Waals surface area contributed by atoms with Crippen molar-refractivity contribution in [1.29, 1.82) is 0 Å². The Kier molecular flexibility index (Phi) is 6.10. The van der Waals surface area contributed by atoms with Crippen LogP contribution in [0.5, 0.6) is 0 Å². The second-order valence-electron chi connectivity index (χ2n) is 4.27. The molecular formula is C13H16Cl2N2O3. The third-order valence-corrected chi connectivity index (χ3v) is 3.53. The monoisotopic (exact) mass is 318 g/mol. The highest BCUT2D eigenvalue weighted by atomic mass is 35.5. The van der Waals surface area contributed by atoms with E-state index in [1.54, 1.807) is 7.05 Å². The summed E-state index contributed by atoms with van der Waals surface area (Å²) in [5.74, 6) is -0.607. The highest BCUT2D eigenvalue weighted by Crippen LogP contribution is 2.29. The van der Waals surface area contributed by atoms with Crippen LogP contribution in [0, 0.1) is 0 Å². The van der Waals surface area contributed by atoms with Crippen LogP contribution in [0.3, 0.4) is 0 Å². The molecule has 5 nitrogen and oxygen atoms in total. The molecular weight excluding hydrogens is 303 g/mol. The molecule has 20 heavy (non-hydrogen) atoms. The lowest BCUT2D eigenvalue weighted by Crippen LogP contribution is -2.28. The maximum atomic E-state index is 12.2. The van der Waals surface area contributed by atoms with E-state index >= 15 is 0 Å². The molecule has 0 heterocycles. The number of anilines is 1. The van der Waals surface area contributed by atoms with Crippen molar-refractivity contribution in [3.8, 4) is 0 Å². The van der Waals surface area contributed by atoms with Crippen LogP contribution in [-0.4, -0.2) is 37.5 Å². The lowest BCUT2D eigenvalue weighted by molar-refractivity contribution is -0.140. The minimum atomic E-state index is -0.309. The number of amides is 1. The van der Waals surface area contributed by atoms with Gasteiger partial charge in [-0.3, -0.25) is 9.59 Å². The molecule has 0 spiro atoms. The minimum absolute atomic E-state index is 0.172. The standard InChI is InChI=1S/C13H16Cl2N2O3/c1-17(5-3-4-11(18)20-2)13(19)9-6-8(16)7-10(14)12(9)15/h6-7H,3-5,16H2,1-2H3. The molecule has 0 aliphatic heterocycles. The fraction of sp³-hybridized carbons (Fsp3) is 0.385. The Morgan fingerprint density at radius 2 is 2.00 bits per heavy atom. The zero-order valence-corrected chi connectivity index (χ0v) is 12.8. The average Bonchev–Trinajstić information content (AvgIpc) is 2.41. The SMILES string of the molecule is COC(=O)CCCN(C)C(=O)c1cc(N)cc(Cl)c1Cl. The zero-order valence-electron chi connectivity index (χ0n) is 11.3. The number of ether oxygens (including phenoxy) is 1. The molecule has 0 aliphatic carbocycles. The fourth-order valence-electron chi connectivity index (χ4n) is 1.64. The molecule has 1 aromatic rings. The van der Waals surface area contributed by atoms with Crippen LogP contribution in [0.1, 0.15) is 23.2 Å². The number of nitrogens with two attached hydrogens (primary N) is 1. The molecule has 0 saturated carbocycles. The van der Waals surface area contributed by atoms with Gasteiger partial charge in [0.05, 0.1) is 22.7 Å². The number of esters is 1. The molecule has 0 bridgehead atoms. The number of methoxy groups -OCH3 is 1. The lowest BCUT2D eigenvalue weighted by Gasteiger charge is -2.18. The van der Waals surface area contributed by atoms with Crippen molar-refractivity contribution in [3.63, 3.8) is 0 Å². The molecule has 0 unspecified atom stereocenters. The Bertz CT molecular complexity index is 521. The number of hydrogen-bond acceptors (Lipinski definition) is 4. The predicted molar refractivity (Wildman–Crippen MR) is 79.1 cm³/mol. The van der Waals surface area contributed by atoms with Crippen molar-refractivity contribution in [2.24, 2.45) is 0 Å². The van der Waals surface area contributed by atoms with Gasteiger partial charge in [-0.25, -0.2) is 0 Å². The Morgan fingerprint density at radius 3 is 2.60 bits per heavy atom. The molecule has 1 amide bonds. The number of nitrogens with zero attached hydrogens (tertiary/aromatic N) is 1. The van der Waals surface area contributed by atoms with Gasteiger partial charge in [-0.15, -0.1) is 0 Å². The average molecular weight is 319 g/mol. The molecule has 1 aromatic carbocycles. The van der Waals surface area contributed by atoms with E-state index in [1.807, 2.05) is 0 Å². The molecule has 2 N–H and O–H groups in total. The highest BCUT2D eigenvalue weighted by molar-refractivity contribution is 6.44. The van der Waals surface area contributed by atoms with E-state index in [9.17, 15) is 9.59 Å². The molecule has 7 heteroatoms. The number of carbonyl (C=O) groups is 2. The smallest absolute Gasteiger partial charge is 0.305 e. The number of halogens is 2. The topological polar surface area (TPSA) is 72.6 Å². The third-order valence-electron chi connectivity index (χ3n) is 2.73. The summed E-state index contributed by atoms with van der Waals surface area (Å²) >= 11 is 11.9. The van der Waals surface area contributed by atoms with E-state index in [4.69, 9.17) is 28.9 Å². The lowest BCUT2D eigenvalue weighted by atomic mass is 10.1. The van der Waals surface area contributed by atoms with Gasteiger partial charge in [0, 0.05) is 25.7 Å². The van der Waals surface area contributed by atoms with Gasteiger partial charge in [0.1, 0.15) is 0 Å². The van der Waals surface area contributed by atoms with Crippen molar-refractivity contribution < 1.29 is 14.3 Å². The van der Waals surface area contributed by atoms with Gasteiger partial charge in [-0.1, -0.05) is 23.2 Å². The summed E-state index contributed by atoms with van der Waals surface area (Å²) in [4.78, 5) is 24.7. The van der Waals surface area contributed by atoms with Crippen molar-refractivity contribution >= 4 is 40.8 Å². The first-order valence-corrected chi connectivity index (χ1v) is 6.69. The van der Waals surface area contributed by atoms with E-state index < -0.39 is 0 Å². The van der Waals surface area contributed by atoms with Crippen LogP contribution in [0.4, 0.5) is 5.69 Å². The molecule has 0 saturated heterocycles. The molecule has 0 aromatic heterocycles. The van der Waals surface area contributed by atoms with E-state index in [1.165, 1.54) is 24.1 Å². The number of carbonyl (C=O) groups excluding carboxylic acids is 2. The summed E-state index contributed by atoms with van der Waals surface area (Å²) in [5, 5.41) is 0.406.